The number of piperidine rings is 3. The van der Waals surface area contributed by atoms with Crippen LogP contribution in [0, 0.1) is 38.8 Å². The number of nitrogens with one attached hydrogen (secondary N) is 6. The number of ether oxygens (including phenoxy) is 6. The number of likely N-dealkylation sites (tertiary alicyclic amines) is 2. The van der Waals surface area contributed by atoms with Gasteiger partial charge in [-0.1, -0.05) is 17.7 Å². The van der Waals surface area contributed by atoms with Gasteiger partial charge in [0.2, 0.25) is 5.95 Å². The van der Waals surface area contributed by atoms with E-state index < -0.39 is 102 Å². The molecule has 5 aromatic rings. The predicted octanol–water partition coefficient (Wildman–Crippen LogP) is 17.4. The van der Waals surface area contributed by atoms with Gasteiger partial charge in [-0.05, 0) is 316 Å². The third kappa shape index (κ3) is 34.0. The van der Waals surface area contributed by atoms with E-state index in [0.717, 1.165) is 162 Å². The number of aromatic nitrogens is 3. The molecule has 9 fully saturated rings. The number of alkyl halides is 6. The van der Waals surface area contributed by atoms with Gasteiger partial charge in [0.1, 0.15) is 45.9 Å². The fraction of sp³-hybridized carbons (Fsp3) is 0.660. The Labute approximate surface area is 807 Å². The summed E-state index contributed by atoms with van der Waals surface area (Å²) in [5.41, 5.74) is 2.20. The van der Waals surface area contributed by atoms with Crippen molar-refractivity contribution in [2.45, 2.75) is 246 Å². The van der Waals surface area contributed by atoms with Crippen LogP contribution in [0.1, 0.15) is 186 Å². The van der Waals surface area contributed by atoms with Crippen molar-refractivity contribution in [3.05, 3.63) is 97.0 Å². The Bertz CT molecular complexity index is 4700. The average molecular weight is 2100 g/mol. The number of carbonyl (C=O) groups is 5. The fourth-order valence-electron chi connectivity index (χ4n) is 17.0. The molecule has 738 valence electrons. The highest BCUT2D eigenvalue weighted by molar-refractivity contribution is 14.1. The molecule has 9 aliphatic rings. The van der Waals surface area contributed by atoms with Crippen LogP contribution >= 0.6 is 45.2 Å². The molecule has 2 aromatic carbocycles. The maximum absolute atomic E-state index is 13.1. The number of nitrogens with zero attached hydrogens (tertiary/aromatic N) is 10. The minimum Gasteiger partial charge on any atom is -0.444 e. The van der Waals surface area contributed by atoms with E-state index in [9.17, 15) is 54.7 Å². The van der Waals surface area contributed by atoms with Crippen molar-refractivity contribution in [2.24, 2.45) is 11.8 Å². The van der Waals surface area contributed by atoms with E-state index in [-0.39, 0.29) is 36.4 Å². The molecule has 0 unspecified atom stereocenters. The van der Waals surface area contributed by atoms with Crippen molar-refractivity contribution in [1.82, 2.24) is 46.0 Å². The molecule has 9 saturated heterocycles. The number of aryl methyl sites for hydroxylation is 2. The maximum Gasteiger partial charge on any atom is 0.495 e. The molecule has 6 N–H and O–H groups in total. The number of anilines is 7. The van der Waals surface area contributed by atoms with Gasteiger partial charge in [0.05, 0.1) is 67.5 Å². The van der Waals surface area contributed by atoms with Gasteiger partial charge in [0.25, 0.3) is 0 Å². The summed E-state index contributed by atoms with van der Waals surface area (Å²) < 4.78 is 136. The van der Waals surface area contributed by atoms with Gasteiger partial charge >= 0.3 is 49.8 Å². The SMILES string of the molecule is CC(C)(C)OC(=O)N[C@@]1(C)CCCN(c2cc(I)cc(N3CCOCC3)n2)C1.CC(C)(C)OC(=O)N[C@@]1(C)CCCNC1.Cc1ccc(NC(=O)N2CC[C@@H](CC(F)(F)F)C2)cc1-c1cc(N2CCOCC2)nc(N2CCC[C@](C)(NC(=O)OC(C)(C)C)C2)c1.Cc1ccc(NC(=O)N2CC[C@@H](CC(F)(F)F)C2)cc1B1OC(C)(C)C(C)(C)O1.Fc1cc(I)cc(N2CCOCC2)n1. The number of hydrogen-bond acceptors (Lipinski definition) is 22. The average Bonchev–Trinajstić information content (AvgIpc) is 1.58. The van der Waals surface area contributed by atoms with E-state index in [2.05, 4.69) is 121 Å². The Morgan fingerprint density at radius 3 is 1.24 bits per heavy atom. The summed E-state index contributed by atoms with van der Waals surface area (Å²) in [4.78, 5) is 89.9. The van der Waals surface area contributed by atoms with Gasteiger partial charge in [-0.3, -0.25) is 0 Å². The summed E-state index contributed by atoms with van der Waals surface area (Å²) >= 11 is 4.44. The second-order valence-electron chi connectivity index (χ2n) is 40.6. The molecule has 0 saturated carbocycles. The summed E-state index contributed by atoms with van der Waals surface area (Å²) in [5, 5.41) is 18.1. The number of halogens is 9. The first-order valence-electron chi connectivity index (χ1n) is 46.1. The van der Waals surface area contributed by atoms with Crippen LogP contribution in [0.5, 0.6) is 0 Å². The van der Waals surface area contributed by atoms with Crippen LogP contribution in [-0.4, -0.2) is 264 Å². The number of benzene rings is 2. The Morgan fingerprint density at radius 1 is 0.474 bits per heavy atom. The Morgan fingerprint density at radius 2 is 0.842 bits per heavy atom. The van der Waals surface area contributed by atoms with E-state index in [0.29, 0.717) is 95.7 Å². The molecule has 9 aliphatic heterocycles. The second kappa shape index (κ2) is 45.5. The van der Waals surface area contributed by atoms with Gasteiger partial charge in [-0.15, -0.1) is 0 Å². The zero-order valence-corrected chi connectivity index (χ0v) is 84.8. The normalized spacial score (nSPS) is 22.8. The molecule has 7 amide bonds. The van der Waals surface area contributed by atoms with Crippen molar-refractivity contribution >= 4 is 129 Å². The lowest BCUT2D eigenvalue weighted by Gasteiger charge is -2.42. The van der Waals surface area contributed by atoms with Crippen LogP contribution in [0.25, 0.3) is 11.1 Å². The summed E-state index contributed by atoms with van der Waals surface area (Å²) in [6.07, 6.45) is -4.96. The molecular formula is C94H138BF7I2N16O13. The van der Waals surface area contributed by atoms with Crippen molar-refractivity contribution in [2.75, 3.05) is 179 Å². The number of pyridine rings is 3. The van der Waals surface area contributed by atoms with Gasteiger partial charge in [0.15, 0.2) is 0 Å². The first-order valence-corrected chi connectivity index (χ1v) is 48.3. The summed E-state index contributed by atoms with van der Waals surface area (Å²) in [6.45, 7) is 49.1. The lowest BCUT2D eigenvalue weighted by molar-refractivity contribution is -0.144. The maximum atomic E-state index is 13.1. The fourth-order valence-corrected chi connectivity index (χ4v) is 18.1. The lowest BCUT2D eigenvalue weighted by Crippen LogP contribution is -2.57. The molecular weight excluding hydrogens is 1960 g/mol. The van der Waals surface area contributed by atoms with Crippen molar-refractivity contribution in [3.8, 4) is 11.1 Å². The van der Waals surface area contributed by atoms with Crippen LogP contribution < -0.4 is 61.9 Å². The van der Waals surface area contributed by atoms with Gasteiger partial charge < -0.3 is 104 Å². The first-order chi connectivity index (χ1) is 62.0. The van der Waals surface area contributed by atoms with Gasteiger partial charge in [-0.25, -0.2) is 38.9 Å². The Balaban J connectivity index is 0.000000185. The Kier molecular flexibility index (Phi) is 36.7. The molecule has 5 atom stereocenters. The highest BCUT2D eigenvalue weighted by Gasteiger charge is 2.52. The topological polar surface area (TPSA) is 293 Å². The number of morpholine rings is 3. The molecule has 29 nitrogen and oxygen atoms in total. The smallest absolute Gasteiger partial charge is 0.444 e. The molecule has 133 heavy (non-hydrogen) atoms. The highest BCUT2D eigenvalue weighted by atomic mass is 127. The first kappa shape index (κ1) is 107. The number of amides is 7. The summed E-state index contributed by atoms with van der Waals surface area (Å²) in [5.74, 6) is 2.72. The largest absolute Gasteiger partial charge is 0.495 e. The molecule has 0 bridgehead atoms. The molecule has 0 radical (unpaired) electrons. The number of carbonyl (C=O) groups excluding carboxylic acids is 5. The van der Waals surface area contributed by atoms with E-state index in [1.165, 1.54) is 15.9 Å². The van der Waals surface area contributed by atoms with Crippen LogP contribution in [0.3, 0.4) is 0 Å². The van der Waals surface area contributed by atoms with Crippen LogP contribution in [0.4, 0.5) is 95.2 Å². The van der Waals surface area contributed by atoms with Crippen molar-refractivity contribution < 1.29 is 92.4 Å². The third-order valence-corrected chi connectivity index (χ3v) is 25.6. The predicted molar refractivity (Wildman–Crippen MR) is 521 cm³/mol. The summed E-state index contributed by atoms with van der Waals surface area (Å²) in [7, 11) is -0.556. The van der Waals surface area contributed by atoms with E-state index in [1.807, 2.05) is 165 Å². The highest BCUT2D eigenvalue weighted by Crippen LogP contribution is 2.40. The van der Waals surface area contributed by atoms with Crippen LogP contribution in [0.2, 0.25) is 0 Å². The quantitative estimate of drug-likeness (QED) is 0.0198. The van der Waals surface area contributed by atoms with Crippen molar-refractivity contribution in [3.63, 3.8) is 0 Å². The standard InChI is InChI=1S/C34H47F3N6O4.C20H28BF3N2O3.C20H31IN4O3.C11H22N2O2.C9H10FIN2O/c1-23-7-8-26(38-30(44)42-12-9-24(21-42)20-34(35,36)37)19-27(23)25-17-28(41-13-15-46-16-14-41)39-29(18-25)43-11-6-10-33(5,22-43)40-31(45)47-32(2,3)4;1-13-6-7-15(10-16(13)21-28-18(2,3)19(4,5)29-21)25-17(27)26-9-8-14(12-26)11-20(22,23)24;1-19(2,3)28-18(26)23-20(4)6-5-7-25(14-20)17-13-15(21)12-16(22-17)24-8-10-27-11-9-24;1-10(2,3)15-9(14)13-11(4)6-5-7-12-8-11;10-8-5-7(11)6-9(12-8)13-1-3-14-4-2-13/h7-8,17-19,24H,6,9-16,20-22H2,1-5H3,(H,38,44)(H,40,45);6-7,10,14H,8-9,11-12H2,1-5H3,(H,25,27);12-13H,5-11,14H2,1-4H3,(H,23,26);12H,5-8H2,1-4H3,(H,13,14);5-6H,1-4H2/t24-,33-;14-;20-;11-;/m0000./s1. The van der Waals surface area contributed by atoms with E-state index >= 15 is 0 Å². The zero-order valence-electron chi connectivity index (χ0n) is 80.5. The molecule has 0 spiro atoms. The molecule has 0 aliphatic carbocycles. The molecule has 12 heterocycles. The molecule has 14 rings (SSSR count). The van der Waals surface area contributed by atoms with Crippen molar-refractivity contribution in [1.29, 1.82) is 0 Å². The van der Waals surface area contributed by atoms with E-state index in [1.54, 1.807) is 12.1 Å². The number of urea groups is 2. The van der Waals surface area contributed by atoms with E-state index in [4.69, 9.17) is 47.7 Å². The third-order valence-electron chi connectivity index (χ3n) is 24.4. The number of hydrogen-bond donors (Lipinski definition) is 6. The minimum absolute atomic E-state index is 0.0816. The van der Waals surface area contributed by atoms with Gasteiger partial charge in [0, 0.05) is 136 Å². The monoisotopic (exact) mass is 2100 g/mol. The van der Waals surface area contributed by atoms with Crippen LogP contribution in [-0.2, 0) is 37.7 Å². The van der Waals surface area contributed by atoms with Crippen LogP contribution in [0.15, 0.2) is 72.8 Å². The minimum atomic E-state index is -4.24. The van der Waals surface area contributed by atoms with Gasteiger partial charge in [-0.2, -0.15) is 30.7 Å². The zero-order chi connectivity index (χ0) is 97.5. The molecule has 39 heteroatoms. The lowest BCUT2D eigenvalue weighted by atomic mass is 9.76. The molecule has 3 aromatic heterocycles. The second-order valence-corrected chi connectivity index (χ2v) is 43.1. The Hall–Kier alpha value is -7.97. The number of alkyl carbamates (subject to hydrolysis) is 3. The number of rotatable bonds is 14. The summed E-state index contributed by atoms with van der Waals surface area (Å²) in [6, 6.07) is 21.9.